The Balaban J connectivity index is 1.55. The van der Waals surface area contributed by atoms with Crippen molar-refractivity contribution in [3.63, 3.8) is 0 Å². The highest BCUT2D eigenvalue weighted by Gasteiger charge is 2.21. The molecule has 2 aromatic carbocycles. The average Bonchev–Trinajstić information content (AvgIpc) is 3.28. The largest absolute Gasteiger partial charge is 0.361 e. The van der Waals surface area contributed by atoms with Crippen molar-refractivity contribution in [2.45, 2.75) is 25.7 Å². The Labute approximate surface area is 168 Å². The molecule has 0 bridgehead atoms. The zero-order chi connectivity index (χ0) is 19.2. The first-order chi connectivity index (χ1) is 14.4. The van der Waals surface area contributed by atoms with Gasteiger partial charge < -0.3 is 4.98 Å². The van der Waals surface area contributed by atoms with Gasteiger partial charge in [0.15, 0.2) is 5.82 Å². The van der Waals surface area contributed by atoms with Crippen LogP contribution in [0.1, 0.15) is 24.0 Å². The Kier molecular flexibility index (Phi) is 3.69. The Bertz CT molecular complexity index is 1330. The summed E-state index contributed by atoms with van der Waals surface area (Å²) in [6, 6.07) is 16.8. The number of hydrogen-bond acceptors (Lipinski definition) is 3. The summed E-state index contributed by atoms with van der Waals surface area (Å²) in [4.78, 5) is 17.2. The second-order valence-electron chi connectivity index (χ2n) is 7.67. The summed E-state index contributed by atoms with van der Waals surface area (Å²) in [5.74, 6) is 0.752. The van der Waals surface area contributed by atoms with E-state index in [9.17, 15) is 0 Å². The maximum absolute atomic E-state index is 5.15. The predicted molar refractivity (Wildman–Crippen MR) is 117 cm³/mol. The van der Waals surface area contributed by atoms with Crippen LogP contribution in [0.25, 0.3) is 44.5 Å². The van der Waals surface area contributed by atoms with Gasteiger partial charge in [-0.05, 0) is 61.1 Å². The predicted octanol–water partition coefficient (Wildman–Crippen LogP) is 5.72. The van der Waals surface area contributed by atoms with Crippen molar-refractivity contribution in [3.8, 4) is 22.6 Å². The zero-order valence-corrected chi connectivity index (χ0v) is 16.0. The minimum absolute atomic E-state index is 0.752. The molecular formula is C25H20N4. The molecule has 29 heavy (non-hydrogen) atoms. The molecule has 0 aliphatic heterocycles. The maximum atomic E-state index is 5.15. The summed E-state index contributed by atoms with van der Waals surface area (Å²) in [7, 11) is 0. The molecule has 1 aliphatic carbocycles. The number of H-pyrrole nitrogens is 1. The Hall–Kier alpha value is -3.53. The third-order valence-corrected chi connectivity index (χ3v) is 5.98. The quantitative estimate of drug-likeness (QED) is 0.429. The number of aryl methyl sites for hydroxylation is 1. The fourth-order valence-electron chi connectivity index (χ4n) is 4.63. The van der Waals surface area contributed by atoms with Gasteiger partial charge in [0.1, 0.15) is 0 Å². The first-order valence-corrected chi connectivity index (χ1v) is 10.2. The molecule has 0 radical (unpaired) electrons. The van der Waals surface area contributed by atoms with E-state index in [2.05, 4.69) is 57.4 Å². The number of nitrogens with zero attached hydrogens (tertiary/aromatic N) is 3. The van der Waals surface area contributed by atoms with Crippen LogP contribution < -0.4 is 0 Å². The van der Waals surface area contributed by atoms with Gasteiger partial charge >= 0.3 is 0 Å². The van der Waals surface area contributed by atoms with Crippen molar-refractivity contribution in [1.29, 1.82) is 0 Å². The Morgan fingerprint density at radius 3 is 2.34 bits per heavy atom. The standard InChI is InChI=1S/C25H20N4/c1-2-5-19-18(4-1)23-20-12-15-26-21(20)10-11-22(23)29-24(19)16-6-8-17(9-7-16)25-27-13-3-14-28-25/h3,6-15,26H,1-2,4-5H2. The van der Waals surface area contributed by atoms with Gasteiger partial charge in [0.05, 0.1) is 11.2 Å². The van der Waals surface area contributed by atoms with Crippen LogP contribution in [0.5, 0.6) is 0 Å². The number of pyridine rings is 1. The second kappa shape index (κ2) is 6.52. The van der Waals surface area contributed by atoms with Gasteiger partial charge in [0, 0.05) is 46.0 Å². The third-order valence-electron chi connectivity index (χ3n) is 5.98. The third kappa shape index (κ3) is 2.64. The molecule has 4 nitrogen and oxygen atoms in total. The number of aromatic nitrogens is 4. The lowest BCUT2D eigenvalue weighted by Crippen LogP contribution is -2.07. The lowest BCUT2D eigenvalue weighted by molar-refractivity contribution is 0.689. The van der Waals surface area contributed by atoms with Crippen LogP contribution in [0.4, 0.5) is 0 Å². The maximum Gasteiger partial charge on any atom is 0.159 e. The Morgan fingerprint density at radius 1 is 0.759 bits per heavy atom. The van der Waals surface area contributed by atoms with Gasteiger partial charge in [-0.25, -0.2) is 15.0 Å². The molecule has 3 heterocycles. The van der Waals surface area contributed by atoms with Gasteiger partial charge in [-0.2, -0.15) is 0 Å². The summed E-state index contributed by atoms with van der Waals surface area (Å²) >= 11 is 0. The molecule has 0 spiro atoms. The van der Waals surface area contributed by atoms with Crippen LogP contribution in [-0.4, -0.2) is 19.9 Å². The molecule has 0 saturated heterocycles. The molecule has 1 N–H and O–H groups in total. The van der Waals surface area contributed by atoms with Crippen molar-refractivity contribution in [3.05, 3.63) is 78.2 Å². The van der Waals surface area contributed by atoms with Crippen molar-refractivity contribution in [2.75, 3.05) is 0 Å². The molecule has 5 aromatic rings. The smallest absolute Gasteiger partial charge is 0.159 e. The van der Waals surface area contributed by atoms with Crippen molar-refractivity contribution >= 4 is 21.8 Å². The number of fused-ring (bicyclic) bond motifs is 5. The highest BCUT2D eigenvalue weighted by atomic mass is 14.8. The monoisotopic (exact) mass is 376 g/mol. The molecule has 4 heteroatoms. The molecule has 0 unspecified atom stereocenters. The first kappa shape index (κ1) is 16.4. The Morgan fingerprint density at radius 2 is 1.52 bits per heavy atom. The van der Waals surface area contributed by atoms with Crippen molar-refractivity contribution in [2.24, 2.45) is 0 Å². The molecule has 3 aromatic heterocycles. The highest BCUT2D eigenvalue weighted by Crippen LogP contribution is 2.38. The highest BCUT2D eigenvalue weighted by molar-refractivity contribution is 6.08. The van der Waals surface area contributed by atoms with E-state index in [0.717, 1.165) is 35.4 Å². The van der Waals surface area contributed by atoms with Gasteiger partial charge in [-0.1, -0.05) is 24.3 Å². The topological polar surface area (TPSA) is 54.5 Å². The number of rotatable bonds is 2. The minimum Gasteiger partial charge on any atom is -0.361 e. The van der Waals surface area contributed by atoms with E-state index in [4.69, 9.17) is 4.98 Å². The average molecular weight is 376 g/mol. The fourth-order valence-corrected chi connectivity index (χ4v) is 4.63. The number of hydrogen-bond donors (Lipinski definition) is 1. The van der Waals surface area contributed by atoms with E-state index >= 15 is 0 Å². The molecule has 0 amide bonds. The van der Waals surface area contributed by atoms with Crippen LogP contribution >= 0.6 is 0 Å². The summed E-state index contributed by atoms with van der Waals surface area (Å²) in [6.07, 6.45) is 10.3. The molecular weight excluding hydrogens is 356 g/mol. The van der Waals surface area contributed by atoms with Gasteiger partial charge in [0.2, 0.25) is 0 Å². The van der Waals surface area contributed by atoms with E-state index in [-0.39, 0.29) is 0 Å². The normalized spacial score (nSPS) is 13.7. The minimum atomic E-state index is 0.752. The van der Waals surface area contributed by atoms with Crippen LogP contribution in [0.15, 0.2) is 67.1 Å². The second-order valence-corrected chi connectivity index (χ2v) is 7.67. The first-order valence-electron chi connectivity index (χ1n) is 10.2. The van der Waals surface area contributed by atoms with Crippen LogP contribution in [0, 0.1) is 0 Å². The van der Waals surface area contributed by atoms with Crippen LogP contribution in [-0.2, 0) is 12.8 Å². The molecule has 0 atom stereocenters. The van der Waals surface area contributed by atoms with Crippen molar-refractivity contribution < 1.29 is 0 Å². The van der Waals surface area contributed by atoms with Crippen LogP contribution in [0.3, 0.4) is 0 Å². The number of benzene rings is 2. The molecule has 140 valence electrons. The van der Waals surface area contributed by atoms with Crippen molar-refractivity contribution in [1.82, 2.24) is 19.9 Å². The van der Waals surface area contributed by atoms with Gasteiger partial charge in [-0.3, -0.25) is 0 Å². The molecule has 0 fully saturated rings. The van der Waals surface area contributed by atoms with E-state index < -0.39 is 0 Å². The van der Waals surface area contributed by atoms with E-state index in [0.29, 0.717) is 0 Å². The molecule has 6 rings (SSSR count). The number of aromatic amines is 1. The van der Waals surface area contributed by atoms with E-state index in [1.54, 1.807) is 12.4 Å². The fraction of sp³-hybridized carbons (Fsp3) is 0.160. The van der Waals surface area contributed by atoms with Gasteiger partial charge in [0.25, 0.3) is 0 Å². The van der Waals surface area contributed by atoms with Gasteiger partial charge in [-0.15, -0.1) is 0 Å². The van der Waals surface area contributed by atoms with E-state index in [1.807, 2.05) is 12.3 Å². The number of nitrogens with one attached hydrogen (secondary N) is 1. The summed E-state index contributed by atoms with van der Waals surface area (Å²) < 4.78 is 0. The molecule has 0 saturated carbocycles. The zero-order valence-electron chi connectivity index (χ0n) is 16.0. The summed E-state index contributed by atoms with van der Waals surface area (Å²) in [5, 5.41) is 2.62. The lowest BCUT2D eigenvalue weighted by atomic mass is 9.85. The van der Waals surface area contributed by atoms with E-state index in [1.165, 1.54) is 45.8 Å². The molecule has 1 aliphatic rings. The SMILES string of the molecule is c1cnc(-c2ccc(-c3nc4ccc5[nH]ccc5c4c4c3CCCC4)cc2)nc1. The lowest BCUT2D eigenvalue weighted by Gasteiger charge is -2.22. The summed E-state index contributed by atoms with van der Waals surface area (Å²) in [5.41, 5.74) is 8.49. The summed E-state index contributed by atoms with van der Waals surface area (Å²) in [6.45, 7) is 0. The van der Waals surface area contributed by atoms with Crippen LogP contribution in [0.2, 0.25) is 0 Å².